The molecule has 0 bridgehead atoms. The van der Waals surface area contributed by atoms with E-state index < -0.39 is 11.6 Å². The third-order valence-corrected chi connectivity index (χ3v) is 5.29. The minimum atomic E-state index is -0.801. The van der Waals surface area contributed by atoms with Gasteiger partial charge in [0.15, 0.2) is 0 Å². The van der Waals surface area contributed by atoms with Crippen molar-refractivity contribution < 1.29 is 9.59 Å². The van der Waals surface area contributed by atoms with Crippen LogP contribution < -0.4 is 16.0 Å². The number of nitrogens with zero attached hydrogens (tertiary/aromatic N) is 1. The third kappa shape index (κ3) is 4.33. The quantitative estimate of drug-likeness (QED) is 0.864. The van der Waals surface area contributed by atoms with E-state index in [4.69, 9.17) is 5.73 Å². The maximum Gasteiger partial charge on any atom is 0.249 e. The van der Waals surface area contributed by atoms with Gasteiger partial charge < -0.3 is 16.0 Å². The van der Waals surface area contributed by atoms with Crippen molar-refractivity contribution in [1.82, 2.24) is 5.32 Å². The summed E-state index contributed by atoms with van der Waals surface area (Å²) in [5, 5.41) is 2.93. The molecular formula is C19H28ClN3O2. The van der Waals surface area contributed by atoms with Crippen LogP contribution in [-0.4, -0.2) is 29.9 Å². The zero-order valence-corrected chi connectivity index (χ0v) is 15.6. The van der Waals surface area contributed by atoms with Crippen LogP contribution in [0, 0.1) is 6.92 Å². The number of piperidine rings is 1. The number of halogens is 1. The molecule has 2 amide bonds. The maximum atomic E-state index is 12.8. The lowest BCUT2D eigenvalue weighted by Gasteiger charge is -2.36. The van der Waals surface area contributed by atoms with Crippen LogP contribution in [-0.2, 0) is 9.59 Å². The number of aryl methyl sites for hydroxylation is 1. The molecule has 1 saturated heterocycles. The highest BCUT2D eigenvalue weighted by Gasteiger charge is 2.39. The van der Waals surface area contributed by atoms with Gasteiger partial charge in [-0.15, -0.1) is 12.4 Å². The first-order valence-electron chi connectivity index (χ1n) is 8.97. The van der Waals surface area contributed by atoms with E-state index in [-0.39, 0.29) is 24.2 Å². The van der Waals surface area contributed by atoms with Crippen molar-refractivity contribution in [2.75, 3.05) is 11.4 Å². The number of hydrogen-bond acceptors (Lipinski definition) is 3. The minimum absolute atomic E-state index is 0. The van der Waals surface area contributed by atoms with Crippen LogP contribution in [0.25, 0.3) is 0 Å². The molecule has 1 aromatic carbocycles. The van der Waals surface area contributed by atoms with Crippen molar-refractivity contribution >= 4 is 29.9 Å². The van der Waals surface area contributed by atoms with Gasteiger partial charge in [-0.25, -0.2) is 0 Å². The van der Waals surface area contributed by atoms with Gasteiger partial charge in [-0.05, 0) is 44.7 Å². The topological polar surface area (TPSA) is 75.4 Å². The Hall–Kier alpha value is -1.59. The third-order valence-electron chi connectivity index (χ3n) is 5.29. The second-order valence-electron chi connectivity index (χ2n) is 7.21. The molecule has 1 aromatic rings. The van der Waals surface area contributed by atoms with Gasteiger partial charge in [0.2, 0.25) is 11.8 Å². The summed E-state index contributed by atoms with van der Waals surface area (Å²) in [6, 6.07) is 7.46. The van der Waals surface area contributed by atoms with Crippen LogP contribution in [0.15, 0.2) is 24.3 Å². The summed E-state index contributed by atoms with van der Waals surface area (Å²) >= 11 is 0. The fourth-order valence-electron chi connectivity index (χ4n) is 3.70. The number of rotatable bonds is 3. The number of hydrogen-bond donors (Lipinski definition) is 2. The Morgan fingerprint density at radius 1 is 1.16 bits per heavy atom. The van der Waals surface area contributed by atoms with Crippen molar-refractivity contribution in [2.45, 2.75) is 63.5 Å². The Morgan fingerprint density at radius 3 is 2.44 bits per heavy atom. The molecule has 0 radical (unpaired) electrons. The van der Waals surface area contributed by atoms with Crippen molar-refractivity contribution in [3.8, 4) is 0 Å². The van der Waals surface area contributed by atoms with E-state index >= 15 is 0 Å². The van der Waals surface area contributed by atoms with Gasteiger partial charge in [0, 0.05) is 12.2 Å². The van der Waals surface area contributed by atoms with Gasteiger partial charge >= 0.3 is 0 Å². The van der Waals surface area contributed by atoms with Crippen LogP contribution in [0.5, 0.6) is 0 Å². The molecule has 0 aromatic heterocycles. The Labute approximate surface area is 155 Å². The highest BCUT2D eigenvalue weighted by Crippen LogP contribution is 2.27. The summed E-state index contributed by atoms with van der Waals surface area (Å²) in [6.45, 7) is 2.72. The highest BCUT2D eigenvalue weighted by molar-refractivity contribution is 6.01. The van der Waals surface area contributed by atoms with Crippen molar-refractivity contribution in [3.63, 3.8) is 0 Å². The molecule has 1 saturated carbocycles. The molecule has 3 N–H and O–H groups in total. The predicted molar refractivity (Wildman–Crippen MR) is 102 cm³/mol. The normalized spacial score (nSPS) is 22.9. The lowest BCUT2D eigenvalue weighted by molar-refractivity contribution is -0.132. The van der Waals surface area contributed by atoms with Gasteiger partial charge in [0.1, 0.15) is 6.04 Å². The second kappa shape index (κ2) is 8.19. The minimum Gasteiger partial charge on any atom is -0.343 e. The van der Waals surface area contributed by atoms with E-state index in [0.29, 0.717) is 25.8 Å². The average molecular weight is 366 g/mol. The van der Waals surface area contributed by atoms with Crippen molar-refractivity contribution in [2.24, 2.45) is 5.73 Å². The van der Waals surface area contributed by atoms with Crippen LogP contribution in [0.3, 0.4) is 0 Å². The first kappa shape index (κ1) is 19.7. The Kier molecular flexibility index (Phi) is 6.47. The van der Waals surface area contributed by atoms with E-state index in [0.717, 1.165) is 36.9 Å². The van der Waals surface area contributed by atoms with Crippen molar-refractivity contribution in [1.29, 1.82) is 0 Å². The molecule has 2 aliphatic rings. The van der Waals surface area contributed by atoms with Crippen LogP contribution in [0.4, 0.5) is 5.69 Å². The molecule has 5 nitrogen and oxygen atoms in total. The van der Waals surface area contributed by atoms with Gasteiger partial charge in [0.25, 0.3) is 0 Å². The zero-order valence-electron chi connectivity index (χ0n) is 14.8. The van der Waals surface area contributed by atoms with Gasteiger partial charge in [-0.2, -0.15) is 0 Å². The van der Waals surface area contributed by atoms with Crippen molar-refractivity contribution in [3.05, 3.63) is 29.8 Å². The monoisotopic (exact) mass is 365 g/mol. The highest BCUT2D eigenvalue weighted by atomic mass is 35.5. The summed E-state index contributed by atoms with van der Waals surface area (Å²) in [4.78, 5) is 27.2. The summed E-state index contributed by atoms with van der Waals surface area (Å²) in [5.74, 6) is -0.191. The summed E-state index contributed by atoms with van der Waals surface area (Å²) < 4.78 is 0. The first-order chi connectivity index (χ1) is 11.5. The van der Waals surface area contributed by atoms with E-state index in [2.05, 4.69) is 5.32 Å². The molecule has 1 atom stereocenters. The number of benzene rings is 1. The molecule has 6 heteroatoms. The Balaban J connectivity index is 0.00000225. The lowest BCUT2D eigenvalue weighted by atomic mass is 9.81. The molecule has 1 aliphatic carbocycles. The second-order valence-corrected chi connectivity index (χ2v) is 7.21. The number of nitrogens with two attached hydrogens (primary N) is 1. The largest absolute Gasteiger partial charge is 0.343 e. The number of carbonyl (C=O) groups is 2. The molecule has 25 heavy (non-hydrogen) atoms. The zero-order chi connectivity index (χ0) is 17.2. The fourth-order valence-corrected chi connectivity index (χ4v) is 3.70. The summed E-state index contributed by atoms with van der Waals surface area (Å²) in [7, 11) is 0. The van der Waals surface area contributed by atoms with Gasteiger partial charge in [-0.1, -0.05) is 37.0 Å². The number of amides is 2. The molecular weight excluding hydrogens is 338 g/mol. The molecule has 1 aliphatic heterocycles. The molecule has 0 spiro atoms. The van der Waals surface area contributed by atoms with E-state index in [1.807, 2.05) is 31.2 Å². The molecule has 2 fully saturated rings. The number of nitrogens with one attached hydrogen (secondary N) is 1. The maximum absolute atomic E-state index is 12.8. The predicted octanol–water partition coefficient (Wildman–Crippen LogP) is 2.69. The lowest BCUT2D eigenvalue weighted by Crippen LogP contribution is -2.61. The fraction of sp³-hybridized carbons (Fsp3) is 0.579. The molecule has 138 valence electrons. The summed E-state index contributed by atoms with van der Waals surface area (Å²) in [5.41, 5.74) is 7.55. The van der Waals surface area contributed by atoms with E-state index in [1.165, 1.54) is 0 Å². The first-order valence-corrected chi connectivity index (χ1v) is 8.97. The molecule has 1 heterocycles. The van der Waals surface area contributed by atoms with E-state index in [1.54, 1.807) is 4.90 Å². The molecule has 1 unspecified atom stereocenters. The standard InChI is InChI=1S/C19H27N3O2.ClH/c1-14-7-9-15(10-8-14)22-13-5-6-16(17(22)23)21-18(24)19(20)11-3-2-4-12-19;/h7-10,16H,2-6,11-13,20H2,1H3,(H,21,24);1H. The summed E-state index contributed by atoms with van der Waals surface area (Å²) in [6.07, 6.45) is 6.08. The van der Waals surface area contributed by atoms with Crippen LogP contribution in [0.1, 0.15) is 50.5 Å². The number of anilines is 1. The Morgan fingerprint density at radius 2 is 1.80 bits per heavy atom. The SMILES string of the molecule is Cc1ccc(N2CCCC(NC(=O)C3(N)CCCCC3)C2=O)cc1.Cl. The smallest absolute Gasteiger partial charge is 0.249 e. The Bertz CT molecular complexity index is 612. The van der Waals surface area contributed by atoms with Crippen LogP contribution in [0.2, 0.25) is 0 Å². The van der Waals surface area contributed by atoms with Crippen LogP contribution >= 0.6 is 12.4 Å². The van der Waals surface area contributed by atoms with Gasteiger partial charge in [-0.3, -0.25) is 9.59 Å². The van der Waals surface area contributed by atoms with E-state index in [9.17, 15) is 9.59 Å². The molecule has 3 rings (SSSR count). The number of carbonyl (C=O) groups excluding carboxylic acids is 2. The average Bonchev–Trinajstić information content (AvgIpc) is 2.58. The van der Waals surface area contributed by atoms with Gasteiger partial charge in [0.05, 0.1) is 5.54 Å².